The zero-order valence-corrected chi connectivity index (χ0v) is 12.5. The number of piperidine rings is 1. The minimum Gasteiger partial charge on any atom is -0.380 e. The summed E-state index contributed by atoms with van der Waals surface area (Å²) in [7, 11) is 0. The van der Waals surface area contributed by atoms with Gasteiger partial charge in [-0.25, -0.2) is 4.79 Å². The van der Waals surface area contributed by atoms with Gasteiger partial charge >= 0.3 is 12.2 Å². The van der Waals surface area contributed by atoms with Crippen molar-refractivity contribution in [1.82, 2.24) is 10.2 Å². The second kappa shape index (κ2) is 7.04. The maximum atomic E-state index is 12.7. The Labute approximate surface area is 127 Å². The van der Waals surface area contributed by atoms with Crippen molar-refractivity contribution in [3.8, 4) is 0 Å². The zero-order valence-electron chi connectivity index (χ0n) is 12.5. The Bertz CT molecular complexity index is 376. The number of amides is 2. The molecule has 0 radical (unpaired) electrons. The summed E-state index contributed by atoms with van der Waals surface area (Å²) in [4.78, 5) is 13.2. The summed E-state index contributed by atoms with van der Waals surface area (Å²) in [5.41, 5.74) is -2.67. The van der Waals surface area contributed by atoms with Gasteiger partial charge in [0.15, 0.2) is 5.60 Å². The number of carbonyl (C=O) groups is 1. The van der Waals surface area contributed by atoms with Crippen molar-refractivity contribution < 1.29 is 27.8 Å². The van der Waals surface area contributed by atoms with Crippen molar-refractivity contribution in [2.24, 2.45) is 0 Å². The van der Waals surface area contributed by atoms with Crippen LogP contribution in [0.3, 0.4) is 0 Å². The van der Waals surface area contributed by atoms with Gasteiger partial charge in [-0.3, -0.25) is 0 Å². The first kappa shape index (κ1) is 17.3. The predicted molar refractivity (Wildman–Crippen MR) is 73.4 cm³/mol. The highest BCUT2D eigenvalue weighted by atomic mass is 19.4. The van der Waals surface area contributed by atoms with E-state index in [1.165, 1.54) is 4.90 Å². The predicted octanol–water partition coefficient (Wildman–Crippen LogP) is 2.04. The Balaban J connectivity index is 1.69. The molecule has 22 heavy (non-hydrogen) atoms. The molecule has 0 aliphatic carbocycles. The van der Waals surface area contributed by atoms with E-state index in [9.17, 15) is 23.1 Å². The van der Waals surface area contributed by atoms with Crippen LogP contribution in [0.2, 0.25) is 0 Å². The molecule has 2 rings (SSSR count). The lowest BCUT2D eigenvalue weighted by Crippen LogP contribution is -2.55. The Morgan fingerprint density at radius 3 is 2.55 bits per heavy atom. The molecule has 2 amide bonds. The Kier molecular flexibility index (Phi) is 5.55. The number of alkyl halides is 3. The molecule has 5 nitrogen and oxygen atoms in total. The molecule has 8 heteroatoms. The normalized spacial score (nSPS) is 25.8. The number of hydrogen-bond acceptors (Lipinski definition) is 3. The molecule has 2 aliphatic heterocycles. The lowest BCUT2D eigenvalue weighted by molar-refractivity contribution is -0.271. The average molecular weight is 324 g/mol. The number of nitrogens with zero attached hydrogens (tertiary/aromatic N) is 1. The van der Waals surface area contributed by atoms with Gasteiger partial charge in [-0.15, -0.1) is 0 Å². The molecular formula is C14H23F3N2O3. The van der Waals surface area contributed by atoms with Crippen LogP contribution in [0, 0.1) is 0 Å². The van der Waals surface area contributed by atoms with E-state index in [1.54, 1.807) is 0 Å². The molecule has 2 aliphatic rings. The summed E-state index contributed by atoms with van der Waals surface area (Å²) >= 11 is 0. The van der Waals surface area contributed by atoms with Crippen LogP contribution in [-0.4, -0.2) is 60.2 Å². The van der Waals surface area contributed by atoms with Crippen molar-refractivity contribution >= 4 is 6.03 Å². The molecule has 0 aromatic heterocycles. The topological polar surface area (TPSA) is 61.8 Å². The first-order chi connectivity index (χ1) is 10.3. The number of aliphatic hydroxyl groups is 1. The van der Waals surface area contributed by atoms with Crippen molar-refractivity contribution in [2.45, 2.75) is 56.4 Å². The highest BCUT2D eigenvalue weighted by Crippen LogP contribution is 2.38. The summed E-state index contributed by atoms with van der Waals surface area (Å²) in [5.74, 6) is 0. The van der Waals surface area contributed by atoms with Gasteiger partial charge in [-0.1, -0.05) is 0 Å². The van der Waals surface area contributed by atoms with Gasteiger partial charge in [0, 0.05) is 39.1 Å². The maximum absolute atomic E-state index is 12.7. The number of rotatable bonds is 3. The van der Waals surface area contributed by atoms with Crippen LogP contribution in [0.1, 0.15) is 38.5 Å². The number of nitrogens with one attached hydrogen (secondary N) is 1. The molecule has 2 heterocycles. The second-order valence-corrected chi connectivity index (χ2v) is 6.03. The SMILES string of the molecule is O=C(NCCC1CCCCO1)N1CCC(O)(C(F)(F)F)CC1. The van der Waals surface area contributed by atoms with Crippen LogP contribution in [0.5, 0.6) is 0 Å². The third kappa shape index (κ3) is 4.25. The van der Waals surface area contributed by atoms with Crippen molar-refractivity contribution in [1.29, 1.82) is 0 Å². The van der Waals surface area contributed by atoms with E-state index in [-0.39, 0.29) is 25.2 Å². The Morgan fingerprint density at radius 1 is 1.32 bits per heavy atom. The molecule has 0 spiro atoms. The van der Waals surface area contributed by atoms with Crippen LogP contribution in [0.4, 0.5) is 18.0 Å². The molecule has 0 aromatic rings. The smallest absolute Gasteiger partial charge is 0.380 e. The standard InChI is InChI=1S/C14H23F3N2O3/c15-14(16,17)13(21)5-8-19(9-6-13)12(20)18-7-4-11-3-1-2-10-22-11/h11,21H,1-10H2,(H,18,20). The number of ether oxygens (including phenoxy) is 1. The first-order valence-electron chi connectivity index (χ1n) is 7.75. The van der Waals surface area contributed by atoms with Crippen LogP contribution >= 0.6 is 0 Å². The fraction of sp³-hybridized carbons (Fsp3) is 0.929. The van der Waals surface area contributed by atoms with Gasteiger partial charge in [0.2, 0.25) is 0 Å². The van der Waals surface area contributed by atoms with Gasteiger partial charge in [-0.2, -0.15) is 13.2 Å². The van der Waals surface area contributed by atoms with E-state index in [2.05, 4.69) is 5.32 Å². The molecule has 2 saturated heterocycles. The van der Waals surface area contributed by atoms with E-state index in [0.717, 1.165) is 25.9 Å². The Morgan fingerprint density at radius 2 is 2.00 bits per heavy atom. The van der Waals surface area contributed by atoms with Gasteiger partial charge < -0.3 is 20.1 Å². The minimum atomic E-state index is -4.64. The molecule has 1 unspecified atom stereocenters. The highest BCUT2D eigenvalue weighted by molar-refractivity contribution is 5.74. The van der Waals surface area contributed by atoms with Gasteiger partial charge in [0.1, 0.15) is 0 Å². The molecule has 2 fully saturated rings. The van der Waals surface area contributed by atoms with Crippen LogP contribution in [0.25, 0.3) is 0 Å². The number of carbonyl (C=O) groups excluding carboxylic acids is 1. The zero-order chi connectivity index (χ0) is 16.2. The lowest BCUT2D eigenvalue weighted by Gasteiger charge is -2.39. The molecule has 0 aromatic carbocycles. The van der Waals surface area contributed by atoms with E-state index in [4.69, 9.17) is 4.74 Å². The van der Waals surface area contributed by atoms with E-state index in [0.29, 0.717) is 13.0 Å². The first-order valence-corrected chi connectivity index (χ1v) is 7.75. The molecule has 0 bridgehead atoms. The minimum absolute atomic E-state index is 0.0955. The van der Waals surface area contributed by atoms with Crippen LogP contribution in [0.15, 0.2) is 0 Å². The van der Waals surface area contributed by atoms with Crippen molar-refractivity contribution in [3.63, 3.8) is 0 Å². The lowest BCUT2D eigenvalue weighted by atomic mass is 9.91. The largest absolute Gasteiger partial charge is 0.417 e. The summed E-state index contributed by atoms with van der Waals surface area (Å²) in [5, 5.41) is 12.3. The molecule has 2 N–H and O–H groups in total. The van der Waals surface area contributed by atoms with Gasteiger partial charge in [-0.05, 0) is 25.7 Å². The van der Waals surface area contributed by atoms with Gasteiger partial charge in [0.25, 0.3) is 0 Å². The summed E-state index contributed by atoms with van der Waals surface area (Å²) in [6, 6.07) is -0.375. The van der Waals surface area contributed by atoms with Crippen LogP contribution in [-0.2, 0) is 4.74 Å². The summed E-state index contributed by atoms with van der Waals surface area (Å²) < 4.78 is 43.6. The third-order valence-electron chi connectivity index (χ3n) is 4.42. The van der Waals surface area contributed by atoms with Crippen LogP contribution < -0.4 is 5.32 Å². The number of urea groups is 1. The number of halogens is 3. The quantitative estimate of drug-likeness (QED) is 0.835. The molecule has 0 saturated carbocycles. The van der Waals surface area contributed by atoms with E-state index in [1.807, 2.05) is 0 Å². The van der Waals surface area contributed by atoms with E-state index < -0.39 is 24.6 Å². The van der Waals surface area contributed by atoms with Gasteiger partial charge in [0.05, 0.1) is 6.10 Å². The Hall–Kier alpha value is -1.02. The maximum Gasteiger partial charge on any atom is 0.417 e. The fourth-order valence-electron chi connectivity index (χ4n) is 2.85. The highest BCUT2D eigenvalue weighted by Gasteiger charge is 2.54. The van der Waals surface area contributed by atoms with E-state index >= 15 is 0 Å². The van der Waals surface area contributed by atoms with Crippen molar-refractivity contribution in [3.05, 3.63) is 0 Å². The number of hydrogen-bond donors (Lipinski definition) is 2. The van der Waals surface area contributed by atoms with Crippen molar-refractivity contribution in [2.75, 3.05) is 26.2 Å². The molecular weight excluding hydrogens is 301 g/mol. The number of likely N-dealkylation sites (tertiary alicyclic amines) is 1. The third-order valence-corrected chi connectivity index (χ3v) is 4.42. The second-order valence-electron chi connectivity index (χ2n) is 6.03. The summed E-state index contributed by atoms with van der Waals surface area (Å²) in [6.07, 6.45) is -1.55. The molecule has 128 valence electrons. The average Bonchev–Trinajstić information content (AvgIpc) is 2.48. The molecule has 1 atom stereocenters. The monoisotopic (exact) mass is 324 g/mol. The fourth-order valence-corrected chi connectivity index (χ4v) is 2.85. The summed E-state index contributed by atoms with van der Waals surface area (Å²) in [6.45, 7) is 1.01.